The lowest BCUT2D eigenvalue weighted by Gasteiger charge is -2.08. The summed E-state index contributed by atoms with van der Waals surface area (Å²) < 4.78 is 0. The van der Waals surface area contributed by atoms with Crippen molar-refractivity contribution in [1.29, 1.82) is 0 Å². The van der Waals surface area contributed by atoms with Crippen molar-refractivity contribution in [2.45, 2.75) is 6.92 Å². The summed E-state index contributed by atoms with van der Waals surface area (Å²) in [7, 11) is 0. The highest BCUT2D eigenvalue weighted by Crippen LogP contribution is 2.28. The molecule has 0 spiro atoms. The van der Waals surface area contributed by atoms with Crippen molar-refractivity contribution in [3.8, 4) is 5.69 Å². The van der Waals surface area contributed by atoms with E-state index in [0.29, 0.717) is 0 Å². The van der Waals surface area contributed by atoms with Crippen LogP contribution >= 0.6 is 0 Å². The zero-order valence-corrected chi connectivity index (χ0v) is 13.3. The standard InChI is InChI=1S/C21H15N3/c1-14-10-11-16-7-3-5-9-18(16)21(14)24-22-19-13-12-15-6-2-4-8-17(15)20(19)23-24/h2-13H,1H3. The van der Waals surface area contributed by atoms with Gasteiger partial charge in [0.05, 0.1) is 5.69 Å². The molecule has 114 valence electrons. The van der Waals surface area contributed by atoms with Crippen LogP contribution in [0.15, 0.2) is 72.8 Å². The first-order valence-electron chi connectivity index (χ1n) is 8.05. The fourth-order valence-electron chi connectivity index (χ4n) is 3.38. The highest BCUT2D eigenvalue weighted by atomic mass is 15.5. The average Bonchev–Trinajstić information content (AvgIpc) is 3.05. The third-order valence-corrected chi connectivity index (χ3v) is 4.58. The van der Waals surface area contributed by atoms with E-state index in [-0.39, 0.29) is 0 Å². The monoisotopic (exact) mass is 309 g/mol. The average molecular weight is 309 g/mol. The van der Waals surface area contributed by atoms with Crippen molar-refractivity contribution in [2.24, 2.45) is 0 Å². The maximum atomic E-state index is 4.83. The van der Waals surface area contributed by atoms with Crippen molar-refractivity contribution in [1.82, 2.24) is 15.0 Å². The molecular formula is C21H15N3. The van der Waals surface area contributed by atoms with Crippen LogP contribution in [-0.2, 0) is 0 Å². The third kappa shape index (κ3) is 1.85. The molecule has 0 aliphatic rings. The first kappa shape index (κ1) is 13.3. The zero-order chi connectivity index (χ0) is 16.1. The Morgan fingerprint density at radius 2 is 1.33 bits per heavy atom. The minimum absolute atomic E-state index is 0.918. The Hall–Kier alpha value is -3.20. The molecule has 0 bridgehead atoms. The molecule has 0 amide bonds. The molecule has 24 heavy (non-hydrogen) atoms. The van der Waals surface area contributed by atoms with Gasteiger partial charge in [-0.05, 0) is 29.3 Å². The van der Waals surface area contributed by atoms with E-state index in [4.69, 9.17) is 10.2 Å². The summed E-state index contributed by atoms with van der Waals surface area (Å²) in [6.45, 7) is 2.11. The molecule has 3 heteroatoms. The van der Waals surface area contributed by atoms with E-state index < -0.39 is 0 Å². The fourth-order valence-corrected chi connectivity index (χ4v) is 3.38. The first-order chi connectivity index (χ1) is 11.8. The first-order valence-corrected chi connectivity index (χ1v) is 8.05. The number of aromatic nitrogens is 3. The van der Waals surface area contributed by atoms with Crippen LogP contribution in [0.1, 0.15) is 5.56 Å². The lowest BCUT2D eigenvalue weighted by molar-refractivity contribution is 0.767. The molecule has 0 saturated heterocycles. The molecule has 0 atom stereocenters. The predicted molar refractivity (Wildman–Crippen MR) is 98.6 cm³/mol. The smallest absolute Gasteiger partial charge is 0.121 e. The molecule has 4 aromatic carbocycles. The van der Waals surface area contributed by atoms with Crippen LogP contribution in [0.25, 0.3) is 38.3 Å². The minimum atomic E-state index is 0.918. The Balaban J connectivity index is 1.87. The number of hydrogen-bond donors (Lipinski definition) is 0. The second-order valence-electron chi connectivity index (χ2n) is 6.10. The van der Waals surface area contributed by atoms with Crippen LogP contribution in [0.4, 0.5) is 0 Å². The zero-order valence-electron chi connectivity index (χ0n) is 13.3. The van der Waals surface area contributed by atoms with E-state index in [1.165, 1.54) is 21.7 Å². The molecule has 5 rings (SSSR count). The molecule has 3 nitrogen and oxygen atoms in total. The molecule has 0 unspecified atom stereocenters. The summed E-state index contributed by atoms with van der Waals surface area (Å²) >= 11 is 0. The number of benzene rings is 4. The SMILES string of the molecule is Cc1ccc2ccccc2c1-n1nc2ccc3ccccc3c2n1. The van der Waals surface area contributed by atoms with Crippen molar-refractivity contribution in [3.63, 3.8) is 0 Å². The Labute approximate surface area is 139 Å². The normalized spacial score (nSPS) is 11.5. The topological polar surface area (TPSA) is 30.7 Å². The van der Waals surface area contributed by atoms with E-state index in [2.05, 4.69) is 61.5 Å². The summed E-state index contributed by atoms with van der Waals surface area (Å²) in [4.78, 5) is 1.79. The lowest BCUT2D eigenvalue weighted by atomic mass is 10.1. The van der Waals surface area contributed by atoms with Gasteiger partial charge in [0, 0.05) is 10.8 Å². The van der Waals surface area contributed by atoms with Crippen LogP contribution in [-0.4, -0.2) is 15.0 Å². The fraction of sp³-hybridized carbons (Fsp3) is 0.0476. The molecular weight excluding hydrogens is 294 g/mol. The second kappa shape index (κ2) is 4.90. The molecule has 0 radical (unpaired) electrons. The van der Waals surface area contributed by atoms with Crippen molar-refractivity contribution >= 4 is 32.6 Å². The van der Waals surface area contributed by atoms with Crippen LogP contribution < -0.4 is 0 Å². The van der Waals surface area contributed by atoms with Crippen LogP contribution in [0.5, 0.6) is 0 Å². The van der Waals surface area contributed by atoms with Gasteiger partial charge in [0.1, 0.15) is 11.0 Å². The molecule has 0 fully saturated rings. The van der Waals surface area contributed by atoms with Crippen LogP contribution in [0.2, 0.25) is 0 Å². The second-order valence-corrected chi connectivity index (χ2v) is 6.10. The van der Waals surface area contributed by atoms with Crippen molar-refractivity contribution < 1.29 is 0 Å². The molecule has 0 aliphatic carbocycles. The largest absolute Gasteiger partial charge is 0.149 e. The van der Waals surface area contributed by atoms with E-state index in [0.717, 1.165) is 22.1 Å². The van der Waals surface area contributed by atoms with Gasteiger partial charge in [0.15, 0.2) is 0 Å². The number of hydrogen-bond acceptors (Lipinski definition) is 2. The summed E-state index contributed by atoms with van der Waals surface area (Å²) in [6, 6.07) is 25.1. The quantitative estimate of drug-likeness (QED) is 0.434. The Morgan fingerprint density at radius 1 is 0.667 bits per heavy atom. The lowest BCUT2D eigenvalue weighted by Crippen LogP contribution is -2.02. The Morgan fingerprint density at radius 3 is 2.17 bits per heavy atom. The minimum Gasteiger partial charge on any atom is -0.149 e. The number of aryl methyl sites for hydroxylation is 1. The maximum Gasteiger partial charge on any atom is 0.121 e. The molecule has 5 aromatic rings. The van der Waals surface area contributed by atoms with Gasteiger partial charge in [-0.25, -0.2) is 0 Å². The van der Waals surface area contributed by atoms with Gasteiger partial charge in [-0.3, -0.25) is 0 Å². The van der Waals surface area contributed by atoms with E-state index in [9.17, 15) is 0 Å². The highest BCUT2D eigenvalue weighted by molar-refractivity contribution is 6.03. The van der Waals surface area contributed by atoms with Gasteiger partial charge < -0.3 is 0 Å². The summed E-state index contributed by atoms with van der Waals surface area (Å²) in [6.07, 6.45) is 0. The van der Waals surface area contributed by atoms with Gasteiger partial charge in [-0.2, -0.15) is 0 Å². The van der Waals surface area contributed by atoms with Crippen LogP contribution in [0, 0.1) is 6.92 Å². The number of nitrogens with zero attached hydrogens (tertiary/aromatic N) is 3. The van der Waals surface area contributed by atoms with Crippen LogP contribution in [0.3, 0.4) is 0 Å². The van der Waals surface area contributed by atoms with E-state index >= 15 is 0 Å². The Kier molecular flexibility index (Phi) is 2.71. The molecule has 1 aromatic heterocycles. The number of fused-ring (bicyclic) bond motifs is 4. The number of rotatable bonds is 1. The van der Waals surface area contributed by atoms with Gasteiger partial charge in [0.25, 0.3) is 0 Å². The van der Waals surface area contributed by atoms with Gasteiger partial charge in [-0.15, -0.1) is 15.0 Å². The van der Waals surface area contributed by atoms with Crippen molar-refractivity contribution in [2.75, 3.05) is 0 Å². The summed E-state index contributed by atoms with van der Waals surface area (Å²) in [5.41, 5.74) is 4.08. The molecule has 0 aliphatic heterocycles. The van der Waals surface area contributed by atoms with Gasteiger partial charge >= 0.3 is 0 Å². The van der Waals surface area contributed by atoms with Gasteiger partial charge in [0.2, 0.25) is 0 Å². The maximum absolute atomic E-state index is 4.83. The molecule has 0 saturated carbocycles. The predicted octanol–water partition coefficient (Wildman–Crippen LogP) is 5.04. The Bertz CT molecular complexity index is 1220. The summed E-state index contributed by atoms with van der Waals surface area (Å²) in [5, 5.41) is 14.3. The molecule has 0 N–H and O–H groups in total. The summed E-state index contributed by atoms with van der Waals surface area (Å²) in [5.74, 6) is 0. The third-order valence-electron chi connectivity index (χ3n) is 4.58. The van der Waals surface area contributed by atoms with E-state index in [1.54, 1.807) is 4.80 Å². The van der Waals surface area contributed by atoms with E-state index in [1.807, 2.05) is 18.2 Å². The highest BCUT2D eigenvalue weighted by Gasteiger charge is 2.12. The molecule has 1 heterocycles. The van der Waals surface area contributed by atoms with Gasteiger partial charge in [-0.1, -0.05) is 66.7 Å². The van der Waals surface area contributed by atoms with Crippen molar-refractivity contribution in [3.05, 3.63) is 78.4 Å².